The zero-order chi connectivity index (χ0) is 108. The maximum absolute atomic E-state index is 14.4. The molecule has 0 aromatic heterocycles. The number of benzene rings is 2. The summed E-state index contributed by atoms with van der Waals surface area (Å²) < 4.78 is 76.2. The van der Waals surface area contributed by atoms with Crippen LogP contribution in [0.15, 0.2) is 94.4 Å². The Morgan fingerprint density at radius 1 is 0.493 bits per heavy atom. The molecule has 0 radical (unpaired) electrons. The van der Waals surface area contributed by atoms with Gasteiger partial charge in [-0.2, -0.15) is 33.2 Å². The number of fused-ring (bicyclic) bond motifs is 2. The predicted octanol–water partition coefficient (Wildman–Crippen LogP) is -0.430. The molecule has 1 fully saturated rings. The summed E-state index contributed by atoms with van der Waals surface area (Å²) in [5, 5.41) is 88.9. The van der Waals surface area contributed by atoms with E-state index >= 15 is 0 Å². The summed E-state index contributed by atoms with van der Waals surface area (Å²) in [4.78, 5) is 265. The highest BCUT2D eigenvalue weighted by Gasteiger charge is 2.46. The van der Waals surface area contributed by atoms with Crippen LogP contribution in [0.4, 0.5) is 11.4 Å². The van der Waals surface area contributed by atoms with Gasteiger partial charge in [-0.05, 0) is 152 Å². The molecule has 49 nitrogen and oxygen atoms in total. The number of allylic oxidation sites excluding steroid dienone is 8. The summed E-state index contributed by atoms with van der Waals surface area (Å²) in [6.07, 6.45) is 5.48. The van der Waals surface area contributed by atoms with Gasteiger partial charge in [-0.1, -0.05) is 64.5 Å². The summed E-state index contributed by atoms with van der Waals surface area (Å²) in [5.74, 6) is -23.1. The molecule has 0 aliphatic carbocycles. The van der Waals surface area contributed by atoms with Gasteiger partial charge < -0.3 is 114 Å². The second kappa shape index (κ2) is 57.6. The highest BCUT2D eigenvalue weighted by atomic mass is 32.2. The minimum atomic E-state index is -4.65. The van der Waals surface area contributed by atoms with E-state index in [2.05, 4.69) is 69.1 Å². The number of ether oxygens (including phenoxy) is 1. The maximum Gasteiger partial charge on any atom is 0.303 e. The number of rotatable bonds is 63. The van der Waals surface area contributed by atoms with Crippen molar-refractivity contribution in [2.24, 2.45) is 5.92 Å². The average molecular weight is 2090 g/mol. The summed E-state index contributed by atoms with van der Waals surface area (Å²) in [5.41, 5.74) is 2.71. The number of carboxylic acids is 6. The van der Waals surface area contributed by atoms with E-state index in [-0.39, 0.29) is 66.8 Å². The summed E-state index contributed by atoms with van der Waals surface area (Å²) >= 11 is 1.19. The van der Waals surface area contributed by atoms with E-state index in [0.717, 1.165) is 11.4 Å². The van der Waals surface area contributed by atoms with E-state index in [0.29, 0.717) is 48.3 Å². The Labute approximate surface area is 835 Å². The molecule has 2 aromatic carbocycles. The van der Waals surface area contributed by atoms with Crippen molar-refractivity contribution in [2.75, 3.05) is 76.4 Å². The first-order chi connectivity index (χ1) is 67.6. The average Bonchev–Trinajstić information content (AvgIpc) is 1.59. The normalized spacial score (nSPS) is 16.3. The highest BCUT2D eigenvalue weighted by molar-refractivity contribution is 7.98. The number of carbonyl (C=O) groups excluding carboxylic acids is 14. The minimum Gasteiger partial charge on any atom is -0.481 e. The molecule has 144 heavy (non-hydrogen) atoms. The lowest BCUT2D eigenvalue weighted by Crippen LogP contribution is -2.60. The lowest BCUT2D eigenvalue weighted by molar-refractivity contribution is -0.433. The first-order valence-corrected chi connectivity index (χ1v) is 50.6. The molecular weight excluding hydrogens is 1950 g/mol. The van der Waals surface area contributed by atoms with Crippen molar-refractivity contribution >= 4 is 168 Å². The fraction of sp³-hybridized carbons (Fsp3) is 0.554. The number of hydrogen-bond donors (Lipinski definition) is 21. The molecule has 3 aliphatic rings. The smallest absolute Gasteiger partial charge is 0.303 e. The third-order valence-electron chi connectivity index (χ3n) is 23.4. The number of likely N-dealkylation sites (tertiary alicyclic amines) is 1. The third kappa shape index (κ3) is 38.9. The molecular formula is C92H131N16O33S3+. The van der Waals surface area contributed by atoms with Gasteiger partial charge in [-0.15, -0.1) is 0 Å². The SMILES string of the molecule is CC[N+]1=C(/C=C/C=C/C=C/C=C2/N(CCCCCC(=O)N[C@H](CCC(=O)O)C(=O)N[C@H](CCC(=O)O)C(=O)N[C@H](CCC(=O)O)C(=O)N[C@H](CCC(=O)O)C(=O)N[C@H](CCC(=O)O)C(=O)N[C@H](CCC(=O)O)C(=O)NCCOCC(=O)N3CCC[C@H]3C(=O)N[C@@H](CC(C)C)C(=O)NCC(=O)N[C@@H](CSC)C(=O)N[C@@H](C)C(=O)NCC(=O)NC)c3ccc(S(=O)(=O)O)cc3C2(C)C)C(C)(C)c2cc(S(=O)(=O)O)ccc21. The van der Waals surface area contributed by atoms with Gasteiger partial charge in [0.25, 0.3) is 20.2 Å². The van der Waals surface area contributed by atoms with Crippen molar-refractivity contribution in [1.29, 1.82) is 0 Å². The molecule has 0 spiro atoms. The zero-order valence-corrected chi connectivity index (χ0v) is 84.0. The number of carbonyl (C=O) groups is 20. The topological polar surface area (TPSA) is 747 Å². The lowest BCUT2D eigenvalue weighted by Gasteiger charge is -2.27. The molecule has 21 N–H and O–H groups in total. The van der Waals surface area contributed by atoms with Crippen molar-refractivity contribution in [3.05, 3.63) is 95.8 Å². The Morgan fingerprint density at radius 2 is 0.931 bits per heavy atom. The molecule has 794 valence electrons. The van der Waals surface area contributed by atoms with Gasteiger partial charge in [-0.3, -0.25) is 105 Å². The molecule has 14 amide bonds. The van der Waals surface area contributed by atoms with Crippen LogP contribution in [-0.2, 0) is 132 Å². The number of aliphatic carboxylic acids is 6. The number of unbranched alkanes of at least 4 members (excludes halogenated alkanes) is 2. The van der Waals surface area contributed by atoms with E-state index in [1.165, 1.54) is 54.9 Å². The van der Waals surface area contributed by atoms with Crippen molar-refractivity contribution in [3.63, 3.8) is 0 Å². The Bertz CT molecular complexity index is 5470. The quantitative estimate of drug-likeness (QED) is 0.0173. The van der Waals surface area contributed by atoms with Gasteiger partial charge in [0.05, 0.1) is 34.9 Å². The van der Waals surface area contributed by atoms with E-state index in [1.54, 1.807) is 56.5 Å². The molecule has 3 heterocycles. The van der Waals surface area contributed by atoms with Crippen LogP contribution >= 0.6 is 11.8 Å². The first-order valence-electron chi connectivity index (χ1n) is 46.4. The van der Waals surface area contributed by atoms with Gasteiger partial charge in [0.1, 0.15) is 73.6 Å². The fourth-order valence-corrected chi connectivity index (χ4v) is 17.5. The van der Waals surface area contributed by atoms with Crippen LogP contribution in [0.2, 0.25) is 0 Å². The molecule has 0 bridgehead atoms. The number of nitrogens with one attached hydrogen (secondary N) is 13. The fourth-order valence-electron chi connectivity index (χ4n) is 15.9. The van der Waals surface area contributed by atoms with Gasteiger partial charge >= 0.3 is 35.8 Å². The van der Waals surface area contributed by atoms with Gasteiger partial charge in [0.2, 0.25) is 88.4 Å². The first kappa shape index (κ1) is 121. The van der Waals surface area contributed by atoms with Crippen LogP contribution in [0.1, 0.15) is 189 Å². The van der Waals surface area contributed by atoms with Crippen molar-refractivity contribution in [3.8, 4) is 0 Å². The standard InChI is InChI=1S/C92H130N16O33S3/c1-11-106-66-33-25-54(143(135,136)137)46-56(66)91(5,6)69(106)22-16-13-12-14-17-23-70-92(7,8)57-47-55(144(138,139)140)26-34-67(57)107(70)42-19-15-18-24-71(109)98-59(28-36-76(115)116)84(128)101-61(30-38-78(119)120)86(130)103-63(32-40-80(123)124)88(132)104-62(31-39-79(121)122)87(131)102-60(29-37-77(117)118)85(129)100-58(27-35-75(113)114)82(126)94-41-44-141-50-74(112)108-43-20-21-68(108)90(134)105-64(45-52(2)3)83(127)96-49-73(111)99-65(51-142-10)89(133)97-53(4)81(125)95-48-72(110)93-9/h12-14,16-17,22-23,25-26,33-34,46-47,52-53,58-65,68H,11,15,18-21,24,27-32,35-45,48-51H2,1-10H3,(H20-,93,94,95,96,97,98,99,100,101,102,103,104,105,109,110,111,113,114,115,116,117,118,119,120,121,122,123,124,125,126,127,128,129,130,131,132,133,134,135,136,137,138,139,140)/p+1/t53-,58+,59+,60+,61+,62+,63+,64-,65-,68-/m0/s1. The number of amides is 14. The number of hydrogen-bond acceptors (Lipinski definition) is 27. The molecule has 52 heteroatoms. The van der Waals surface area contributed by atoms with E-state index in [9.17, 15) is 152 Å². The summed E-state index contributed by atoms with van der Waals surface area (Å²) in [6.45, 7) is 12.7. The van der Waals surface area contributed by atoms with Crippen LogP contribution in [0.3, 0.4) is 0 Å². The van der Waals surface area contributed by atoms with Crippen LogP contribution < -0.4 is 74.0 Å². The largest absolute Gasteiger partial charge is 0.481 e. The third-order valence-corrected chi connectivity index (χ3v) is 25.8. The van der Waals surface area contributed by atoms with E-state index in [4.69, 9.17) is 4.74 Å². The second-order valence-electron chi connectivity index (χ2n) is 35.5. The Balaban J connectivity index is 1.23. The molecule has 3 aliphatic heterocycles. The number of carboxylic acid groups (broad SMARTS) is 6. The number of thioether (sulfide) groups is 1. The van der Waals surface area contributed by atoms with Crippen molar-refractivity contribution in [2.45, 2.75) is 258 Å². The number of likely N-dealkylation sites (N-methyl/N-ethyl adjacent to an activating group) is 1. The minimum absolute atomic E-state index is 0.0542. The van der Waals surface area contributed by atoms with Crippen molar-refractivity contribution in [1.82, 2.24) is 74.0 Å². The zero-order valence-electron chi connectivity index (χ0n) is 81.5. The van der Waals surface area contributed by atoms with E-state index in [1.807, 2.05) is 62.3 Å². The lowest BCUT2D eigenvalue weighted by atomic mass is 9.81. The Hall–Kier alpha value is -13.6. The molecule has 10 atom stereocenters. The number of nitrogens with zero attached hydrogens (tertiary/aromatic N) is 3. The van der Waals surface area contributed by atoms with Crippen LogP contribution in [0.5, 0.6) is 0 Å². The van der Waals surface area contributed by atoms with Crippen LogP contribution in [0.25, 0.3) is 0 Å². The Kier molecular flexibility index (Phi) is 48.4. The summed E-state index contributed by atoms with van der Waals surface area (Å²) in [7, 11) is -7.75. The van der Waals surface area contributed by atoms with Gasteiger partial charge in [-0.25, -0.2) is 0 Å². The van der Waals surface area contributed by atoms with Crippen molar-refractivity contribution < 1.29 is 162 Å². The van der Waals surface area contributed by atoms with E-state index < -0.39 is 313 Å². The van der Waals surface area contributed by atoms with Crippen LogP contribution in [-0.4, -0.2) is 322 Å². The Morgan fingerprint density at radius 3 is 1.40 bits per heavy atom. The van der Waals surface area contributed by atoms with Gasteiger partial charge in [0.15, 0.2) is 5.71 Å². The molecule has 5 rings (SSSR count). The predicted molar refractivity (Wildman–Crippen MR) is 516 cm³/mol. The second-order valence-corrected chi connectivity index (χ2v) is 39.3. The van der Waals surface area contributed by atoms with Gasteiger partial charge in [0, 0.05) is 112 Å². The summed E-state index contributed by atoms with van der Waals surface area (Å²) in [6, 6.07) is -7.74. The monoisotopic (exact) mass is 2080 g/mol. The highest BCUT2D eigenvalue weighted by Crippen LogP contribution is 2.49. The maximum atomic E-state index is 14.4. The molecule has 2 aromatic rings. The molecule has 0 saturated carbocycles. The molecule has 0 unspecified atom stereocenters. The molecule has 1 saturated heterocycles. The number of anilines is 1. The van der Waals surface area contributed by atoms with Crippen LogP contribution in [0, 0.1) is 5.92 Å².